The van der Waals surface area contributed by atoms with Crippen LogP contribution in [0.25, 0.3) is 0 Å². The largest absolute Gasteiger partial charge is 0.378 e. The molecule has 1 atom stereocenters. The van der Waals surface area contributed by atoms with Crippen molar-refractivity contribution in [2.24, 2.45) is 5.92 Å². The molecule has 2 N–H and O–H groups in total. The van der Waals surface area contributed by atoms with Crippen molar-refractivity contribution in [1.82, 2.24) is 10.6 Å². The molecular formula is C13H27ClN2O2. The van der Waals surface area contributed by atoms with Gasteiger partial charge in [-0.25, -0.2) is 0 Å². The van der Waals surface area contributed by atoms with E-state index in [2.05, 4.69) is 10.6 Å². The molecule has 1 fully saturated rings. The van der Waals surface area contributed by atoms with Crippen molar-refractivity contribution in [3.63, 3.8) is 0 Å². The fourth-order valence-electron chi connectivity index (χ4n) is 2.16. The van der Waals surface area contributed by atoms with Crippen LogP contribution < -0.4 is 10.6 Å². The van der Waals surface area contributed by atoms with E-state index in [4.69, 9.17) is 4.74 Å². The minimum Gasteiger partial charge on any atom is -0.378 e. The number of carbonyl (C=O) groups excluding carboxylic acids is 1. The first-order valence-electron chi connectivity index (χ1n) is 6.78. The zero-order valence-electron chi connectivity index (χ0n) is 11.5. The molecule has 0 saturated heterocycles. The summed E-state index contributed by atoms with van der Waals surface area (Å²) in [5, 5.41) is 5.94. The van der Waals surface area contributed by atoms with Crippen LogP contribution >= 0.6 is 12.4 Å². The quantitative estimate of drug-likeness (QED) is 0.665. The van der Waals surface area contributed by atoms with Crippen LogP contribution in [0.5, 0.6) is 0 Å². The van der Waals surface area contributed by atoms with Crippen LogP contribution in [0.15, 0.2) is 0 Å². The van der Waals surface area contributed by atoms with E-state index in [9.17, 15) is 4.79 Å². The second-order valence-corrected chi connectivity index (χ2v) is 4.88. The van der Waals surface area contributed by atoms with Gasteiger partial charge in [-0.1, -0.05) is 19.8 Å². The molecule has 1 aliphatic rings. The molecular weight excluding hydrogens is 252 g/mol. The molecule has 1 rings (SSSR count). The van der Waals surface area contributed by atoms with E-state index >= 15 is 0 Å². The topological polar surface area (TPSA) is 50.4 Å². The maximum atomic E-state index is 11.6. The van der Waals surface area contributed by atoms with Crippen LogP contribution in [0, 0.1) is 5.92 Å². The molecule has 0 aromatic rings. The Morgan fingerprint density at radius 3 is 2.67 bits per heavy atom. The van der Waals surface area contributed by atoms with Gasteiger partial charge in [-0.3, -0.25) is 4.79 Å². The number of carbonyl (C=O) groups is 1. The average molecular weight is 279 g/mol. The zero-order valence-corrected chi connectivity index (χ0v) is 12.4. The molecule has 0 heterocycles. The van der Waals surface area contributed by atoms with Crippen molar-refractivity contribution >= 4 is 18.3 Å². The van der Waals surface area contributed by atoms with Gasteiger partial charge in [0.1, 0.15) is 0 Å². The van der Waals surface area contributed by atoms with Crippen molar-refractivity contribution in [2.75, 3.05) is 26.7 Å². The Kier molecular flexibility index (Phi) is 10.4. The maximum Gasteiger partial charge on any atom is 0.224 e. The van der Waals surface area contributed by atoms with Crippen molar-refractivity contribution < 1.29 is 9.53 Å². The fourth-order valence-corrected chi connectivity index (χ4v) is 2.16. The predicted octanol–water partition coefficient (Wildman–Crippen LogP) is 1.73. The van der Waals surface area contributed by atoms with Gasteiger partial charge in [-0.05, 0) is 26.3 Å². The van der Waals surface area contributed by atoms with E-state index in [0.29, 0.717) is 6.10 Å². The zero-order chi connectivity index (χ0) is 12.5. The van der Waals surface area contributed by atoms with E-state index < -0.39 is 0 Å². The molecule has 0 aromatic carbocycles. The summed E-state index contributed by atoms with van der Waals surface area (Å²) in [7, 11) is 1.86. The number of halogens is 1. The third-order valence-corrected chi connectivity index (χ3v) is 3.23. The van der Waals surface area contributed by atoms with E-state index in [1.165, 1.54) is 25.7 Å². The molecule has 1 aliphatic carbocycles. The first-order chi connectivity index (χ1) is 8.24. The Labute approximate surface area is 117 Å². The lowest BCUT2D eigenvalue weighted by molar-refractivity contribution is -0.124. The molecule has 0 spiro atoms. The summed E-state index contributed by atoms with van der Waals surface area (Å²) in [6.07, 6.45) is 6.44. The standard InChI is InChI=1S/C13H26N2O2.ClH/c1-11(10-14-2)13(16)15-8-5-9-17-12-6-3-4-7-12;/h11-12,14H,3-10H2,1-2H3,(H,15,16);1H. The van der Waals surface area contributed by atoms with Crippen LogP contribution in [-0.2, 0) is 9.53 Å². The Bertz CT molecular complexity index is 221. The molecule has 0 aliphatic heterocycles. The molecule has 5 heteroatoms. The highest BCUT2D eigenvalue weighted by Crippen LogP contribution is 2.20. The predicted molar refractivity (Wildman–Crippen MR) is 76.2 cm³/mol. The number of hydrogen-bond acceptors (Lipinski definition) is 3. The summed E-state index contributed by atoms with van der Waals surface area (Å²) in [5.41, 5.74) is 0. The van der Waals surface area contributed by atoms with Gasteiger partial charge in [0.15, 0.2) is 0 Å². The molecule has 1 amide bonds. The van der Waals surface area contributed by atoms with Gasteiger partial charge in [0.05, 0.1) is 6.10 Å². The highest BCUT2D eigenvalue weighted by molar-refractivity contribution is 5.85. The highest BCUT2D eigenvalue weighted by atomic mass is 35.5. The minimum atomic E-state index is 0. The molecule has 4 nitrogen and oxygen atoms in total. The second kappa shape index (κ2) is 10.6. The summed E-state index contributed by atoms with van der Waals surface area (Å²) < 4.78 is 5.73. The number of amides is 1. The average Bonchev–Trinajstić information content (AvgIpc) is 2.81. The highest BCUT2D eigenvalue weighted by Gasteiger charge is 2.15. The lowest BCUT2D eigenvalue weighted by Crippen LogP contribution is -2.35. The smallest absolute Gasteiger partial charge is 0.224 e. The van der Waals surface area contributed by atoms with Crippen molar-refractivity contribution in [2.45, 2.75) is 45.1 Å². The van der Waals surface area contributed by atoms with E-state index in [0.717, 1.165) is 26.1 Å². The normalized spacial score (nSPS) is 17.2. The fraction of sp³-hybridized carbons (Fsp3) is 0.923. The van der Waals surface area contributed by atoms with Crippen LogP contribution in [0.2, 0.25) is 0 Å². The summed E-state index contributed by atoms with van der Waals surface area (Å²) >= 11 is 0. The third-order valence-electron chi connectivity index (χ3n) is 3.23. The van der Waals surface area contributed by atoms with Gasteiger partial charge in [-0.15, -0.1) is 12.4 Å². The Morgan fingerprint density at radius 2 is 2.06 bits per heavy atom. The van der Waals surface area contributed by atoms with Crippen LogP contribution in [0.3, 0.4) is 0 Å². The van der Waals surface area contributed by atoms with Gasteiger partial charge in [0, 0.05) is 25.6 Å². The molecule has 0 bridgehead atoms. The second-order valence-electron chi connectivity index (χ2n) is 4.88. The minimum absolute atomic E-state index is 0. The summed E-state index contributed by atoms with van der Waals surface area (Å²) in [4.78, 5) is 11.6. The van der Waals surface area contributed by atoms with Crippen LogP contribution in [-0.4, -0.2) is 38.8 Å². The van der Waals surface area contributed by atoms with E-state index in [-0.39, 0.29) is 24.2 Å². The lowest BCUT2D eigenvalue weighted by Gasteiger charge is -2.13. The summed E-state index contributed by atoms with van der Waals surface area (Å²) in [6.45, 7) is 4.15. The first-order valence-corrected chi connectivity index (χ1v) is 6.78. The Balaban J connectivity index is 0.00000289. The molecule has 0 aromatic heterocycles. The van der Waals surface area contributed by atoms with Crippen molar-refractivity contribution in [1.29, 1.82) is 0 Å². The number of nitrogens with one attached hydrogen (secondary N) is 2. The summed E-state index contributed by atoms with van der Waals surface area (Å²) in [5.74, 6) is 0.163. The maximum absolute atomic E-state index is 11.6. The summed E-state index contributed by atoms with van der Waals surface area (Å²) in [6, 6.07) is 0. The van der Waals surface area contributed by atoms with Crippen molar-refractivity contribution in [3.05, 3.63) is 0 Å². The lowest BCUT2D eigenvalue weighted by atomic mass is 10.1. The third kappa shape index (κ3) is 7.19. The van der Waals surface area contributed by atoms with Crippen LogP contribution in [0.4, 0.5) is 0 Å². The molecule has 18 heavy (non-hydrogen) atoms. The molecule has 1 saturated carbocycles. The Morgan fingerprint density at radius 1 is 1.39 bits per heavy atom. The Hall–Kier alpha value is -0.320. The molecule has 0 radical (unpaired) electrons. The van der Waals surface area contributed by atoms with Gasteiger partial charge in [0.2, 0.25) is 5.91 Å². The van der Waals surface area contributed by atoms with Gasteiger partial charge >= 0.3 is 0 Å². The van der Waals surface area contributed by atoms with Crippen molar-refractivity contribution in [3.8, 4) is 0 Å². The first kappa shape index (κ1) is 17.7. The molecule has 1 unspecified atom stereocenters. The van der Waals surface area contributed by atoms with E-state index in [1.807, 2.05) is 14.0 Å². The molecule has 108 valence electrons. The van der Waals surface area contributed by atoms with E-state index in [1.54, 1.807) is 0 Å². The monoisotopic (exact) mass is 278 g/mol. The number of hydrogen-bond donors (Lipinski definition) is 2. The number of rotatable bonds is 8. The van der Waals surface area contributed by atoms with Crippen LogP contribution in [0.1, 0.15) is 39.0 Å². The van der Waals surface area contributed by atoms with Gasteiger partial charge in [-0.2, -0.15) is 0 Å². The number of ether oxygens (including phenoxy) is 1. The van der Waals surface area contributed by atoms with Gasteiger partial charge < -0.3 is 15.4 Å². The SMILES string of the molecule is CNCC(C)C(=O)NCCCOC1CCCC1.Cl. The van der Waals surface area contributed by atoms with Gasteiger partial charge in [0.25, 0.3) is 0 Å².